The second-order valence-corrected chi connectivity index (χ2v) is 5.77. The molecule has 2 aromatic rings. The third-order valence-electron chi connectivity index (χ3n) is 4.17. The molecule has 3 rings (SSSR count). The Kier molecular flexibility index (Phi) is 4.46. The molecule has 1 fully saturated rings. The summed E-state index contributed by atoms with van der Waals surface area (Å²) in [6.45, 7) is 0. The van der Waals surface area contributed by atoms with Gasteiger partial charge in [-0.2, -0.15) is 0 Å². The number of imidazole rings is 2. The standard InChI is InChI=1S/C16H22N6/c1-21-9-7-17-15(21)11-19-13-5-3-4-6-14(13)20-12-16-18-8-10-22(16)2/h7-14H,3-6H2,1-2H3. The first-order chi connectivity index (χ1) is 10.7. The summed E-state index contributed by atoms with van der Waals surface area (Å²) in [6.07, 6.45) is 15.8. The van der Waals surface area contributed by atoms with Gasteiger partial charge in [0.05, 0.1) is 24.5 Å². The molecule has 0 amide bonds. The fraction of sp³-hybridized carbons (Fsp3) is 0.500. The van der Waals surface area contributed by atoms with E-state index in [0.717, 1.165) is 24.5 Å². The number of aromatic nitrogens is 4. The highest BCUT2D eigenvalue weighted by Crippen LogP contribution is 2.23. The zero-order valence-corrected chi connectivity index (χ0v) is 13.1. The molecule has 0 radical (unpaired) electrons. The van der Waals surface area contributed by atoms with Crippen molar-refractivity contribution in [2.45, 2.75) is 37.8 Å². The molecular weight excluding hydrogens is 276 g/mol. The first-order valence-corrected chi connectivity index (χ1v) is 7.75. The van der Waals surface area contributed by atoms with Crippen molar-refractivity contribution in [2.75, 3.05) is 0 Å². The van der Waals surface area contributed by atoms with Crippen molar-refractivity contribution < 1.29 is 0 Å². The molecule has 0 spiro atoms. The summed E-state index contributed by atoms with van der Waals surface area (Å²) in [5, 5.41) is 0. The molecule has 2 unspecified atom stereocenters. The maximum Gasteiger partial charge on any atom is 0.150 e. The molecule has 1 aliphatic carbocycles. The molecule has 0 N–H and O–H groups in total. The topological polar surface area (TPSA) is 60.4 Å². The number of hydrogen-bond donors (Lipinski definition) is 0. The van der Waals surface area contributed by atoms with Crippen molar-refractivity contribution in [2.24, 2.45) is 24.1 Å². The van der Waals surface area contributed by atoms with Gasteiger partial charge >= 0.3 is 0 Å². The van der Waals surface area contributed by atoms with Crippen LogP contribution in [0, 0.1) is 0 Å². The number of hydrogen-bond acceptors (Lipinski definition) is 4. The predicted molar refractivity (Wildman–Crippen MR) is 87.6 cm³/mol. The van der Waals surface area contributed by atoms with Crippen LogP contribution in [-0.4, -0.2) is 43.6 Å². The van der Waals surface area contributed by atoms with Crippen LogP contribution in [0.1, 0.15) is 37.3 Å². The molecule has 6 heteroatoms. The molecule has 116 valence electrons. The van der Waals surface area contributed by atoms with E-state index >= 15 is 0 Å². The minimum absolute atomic E-state index is 0.238. The molecule has 0 saturated heterocycles. The third-order valence-corrected chi connectivity index (χ3v) is 4.17. The molecule has 1 aliphatic rings. The van der Waals surface area contributed by atoms with E-state index in [9.17, 15) is 0 Å². The van der Waals surface area contributed by atoms with Gasteiger partial charge in [-0.1, -0.05) is 12.8 Å². The normalized spacial score (nSPS) is 22.8. The molecule has 0 aliphatic heterocycles. The SMILES string of the molecule is Cn1ccnc1C=NC1CCCCC1N=Cc1nccn1C. The second kappa shape index (κ2) is 6.68. The van der Waals surface area contributed by atoms with Gasteiger partial charge in [0.25, 0.3) is 0 Å². The summed E-state index contributed by atoms with van der Waals surface area (Å²) in [4.78, 5) is 18.1. The highest BCUT2D eigenvalue weighted by atomic mass is 15.1. The lowest BCUT2D eigenvalue weighted by atomic mass is 9.91. The molecule has 0 bridgehead atoms. The van der Waals surface area contributed by atoms with E-state index in [1.165, 1.54) is 12.8 Å². The van der Waals surface area contributed by atoms with E-state index in [1.807, 2.05) is 48.1 Å². The zero-order valence-electron chi connectivity index (χ0n) is 13.1. The molecule has 6 nitrogen and oxygen atoms in total. The Morgan fingerprint density at radius 1 is 0.909 bits per heavy atom. The van der Waals surface area contributed by atoms with E-state index in [1.54, 1.807) is 12.4 Å². The number of aliphatic imine (C=N–C) groups is 2. The maximum absolute atomic E-state index is 4.74. The largest absolute Gasteiger partial charge is 0.333 e. The van der Waals surface area contributed by atoms with Crippen molar-refractivity contribution in [3.63, 3.8) is 0 Å². The van der Waals surface area contributed by atoms with Crippen LogP contribution in [0.4, 0.5) is 0 Å². The number of nitrogens with zero attached hydrogens (tertiary/aromatic N) is 6. The van der Waals surface area contributed by atoms with Gasteiger partial charge in [-0.3, -0.25) is 9.98 Å². The van der Waals surface area contributed by atoms with Crippen molar-refractivity contribution in [1.29, 1.82) is 0 Å². The molecule has 2 atom stereocenters. The van der Waals surface area contributed by atoms with Crippen molar-refractivity contribution in [3.8, 4) is 0 Å². The lowest BCUT2D eigenvalue weighted by molar-refractivity contribution is 0.390. The maximum atomic E-state index is 4.74. The second-order valence-electron chi connectivity index (χ2n) is 5.77. The van der Waals surface area contributed by atoms with Gasteiger partial charge in [0, 0.05) is 38.9 Å². The summed E-state index contributed by atoms with van der Waals surface area (Å²) < 4.78 is 3.94. The molecule has 22 heavy (non-hydrogen) atoms. The van der Waals surface area contributed by atoms with Crippen LogP contribution < -0.4 is 0 Å². The molecule has 2 heterocycles. The Morgan fingerprint density at radius 3 is 1.73 bits per heavy atom. The molecule has 1 saturated carbocycles. The van der Waals surface area contributed by atoms with Crippen LogP contribution in [0.3, 0.4) is 0 Å². The van der Waals surface area contributed by atoms with Gasteiger partial charge in [-0.05, 0) is 12.8 Å². The highest BCUT2D eigenvalue weighted by Gasteiger charge is 2.23. The van der Waals surface area contributed by atoms with Crippen molar-refractivity contribution >= 4 is 12.4 Å². The Hall–Kier alpha value is -2.24. The molecule has 0 aromatic carbocycles. The van der Waals surface area contributed by atoms with E-state index in [0.29, 0.717) is 0 Å². The summed E-state index contributed by atoms with van der Waals surface area (Å²) in [7, 11) is 3.96. The summed E-state index contributed by atoms with van der Waals surface area (Å²) in [5.74, 6) is 1.77. The van der Waals surface area contributed by atoms with Crippen molar-refractivity contribution in [3.05, 3.63) is 36.4 Å². The fourth-order valence-corrected chi connectivity index (χ4v) is 2.77. The average molecular weight is 298 g/mol. The van der Waals surface area contributed by atoms with Crippen LogP contribution in [-0.2, 0) is 14.1 Å². The first-order valence-electron chi connectivity index (χ1n) is 7.75. The Bertz CT molecular complexity index is 607. The van der Waals surface area contributed by atoms with Gasteiger partial charge < -0.3 is 9.13 Å². The van der Waals surface area contributed by atoms with Gasteiger partial charge in [-0.15, -0.1) is 0 Å². The van der Waals surface area contributed by atoms with E-state index in [4.69, 9.17) is 9.98 Å². The summed E-state index contributed by atoms with van der Waals surface area (Å²) >= 11 is 0. The Balaban J connectivity index is 1.71. The average Bonchev–Trinajstić information content (AvgIpc) is 3.12. The fourth-order valence-electron chi connectivity index (χ4n) is 2.77. The van der Waals surface area contributed by atoms with Crippen LogP contribution >= 0.6 is 0 Å². The smallest absolute Gasteiger partial charge is 0.150 e. The highest BCUT2D eigenvalue weighted by molar-refractivity contribution is 5.76. The lowest BCUT2D eigenvalue weighted by Gasteiger charge is -2.25. The molecular formula is C16H22N6. The van der Waals surface area contributed by atoms with Gasteiger partial charge in [0.1, 0.15) is 11.6 Å². The number of rotatable bonds is 4. The van der Waals surface area contributed by atoms with Crippen molar-refractivity contribution in [1.82, 2.24) is 19.1 Å². The summed E-state index contributed by atoms with van der Waals surface area (Å²) in [5.41, 5.74) is 0. The van der Waals surface area contributed by atoms with Crippen LogP contribution in [0.25, 0.3) is 0 Å². The predicted octanol–water partition coefficient (Wildman–Crippen LogP) is 2.00. The third kappa shape index (κ3) is 3.32. The van der Waals surface area contributed by atoms with Crippen LogP contribution in [0.2, 0.25) is 0 Å². The summed E-state index contributed by atoms with van der Waals surface area (Å²) in [6, 6.07) is 0.476. The van der Waals surface area contributed by atoms with Gasteiger partial charge in [0.15, 0.2) is 0 Å². The Morgan fingerprint density at radius 2 is 1.36 bits per heavy atom. The van der Waals surface area contributed by atoms with Gasteiger partial charge in [0.2, 0.25) is 0 Å². The quantitative estimate of drug-likeness (QED) is 0.811. The van der Waals surface area contributed by atoms with Gasteiger partial charge in [-0.25, -0.2) is 9.97 Å². The number of aryl methyl sites for hydroxylation is 2. The van der Waals surface area contributed by atoms with Crippen LogP contribution in [0.15, 0.2) is 34.8 Å². The monoisotopic (exact) mass is 298 g/mol. The van der Waals surface area contributed by atoms with E-state index < -0.39 is 0 Å². The lowest BCUT2D eigenvalue weighted by Crippen LogP contribution is -2.27. The van der Waals surface area contributed by atoms with Crippen LogP contribution in [0.5, 0.6) is 0 Å². The Labute approximate surface area is 130 Å². The first kappa shape index (κ1) is 14.7. The van der Waals surface area contributed by atoms with E-state index in [2.05, 4.69) is 9.97 Å². The zero-order chi connectivity index (χ0) is 15.4. The molecule has 2 aromatic heterocycles. The van der Waals surface area contributed by atoms with E-state index in [-0.39, 0.29) is 12.1 Å². The minimum atomic E-state index is 0.238. The minimum Gasteiger partial charge on any atom is -0.333 e.